The topological polar surface area (TPSA) is 55.4 Å². The maximum atomic E-state index is 12.0. The number of carbonyl (C=O) groups is 2. The van der Waals surface area contributed by atoms with Crippen LogP contribution in [0.15, 0.2) is 48.5 Å². The van der Waals surface area contributed by atoms with Crippen LogP contribution in [0.1, 0.15) is 47.8 Å². The normalized spacial score (nSPS) is 11.0. The lowest BCUT2D eigenvalue weighted by Crippen LogP contribution is -2.28. The monoisotopic (exact) mass is 339 g/mol. The first-order chi connectivity index (χ1) is 11.8. The first-order valence-corrected chi connectivity index (χ1v) is 8.35. The fourth-order valence-electron chi connectivity index (χ4n) is 2.28. The highest BCUT2D eigenvalue weighted by atomic mass is 16.5. The molecule has 132 valence electrons. The van der Waals surface area contributed by atoms with Crippen LogP contribution in [0.3, 0.4) is 0 Å². The van der Waals surface area contributed by atoms with Gasteiger partial charge in [-0.15, -0.1) is 0 Å². The summed E-state index contributed by atoms with van der Waals surface area (Å²) in [6.45, 7) is 8.47. The Labute approximate surface area is 149 Å². The molecule has 4 heteroatoms. The summed E-state index contributed by atoms with van der Waals surface area (Å²) in [5.41, 5.74) is 3.78. The summed E-state index contributed by atoms with van der Waals surface area (Å²) in [6.07, 6.45) is 0. The lowest BCUT2D eigenvalue weighted by atomic mass is 9.87. The van der Waals surface area contributed by atoms with E-state index in [1.54, 1.807) is 12.1 Å². The van der Waals surface area contributed by atoms with Crippen molar-refractivity contribution in [3.63, 3.8) is 0 Å². The second-order valence-corrected chi connectivity index (χ2v) is 7.17. The van der Waals surface area contributed by atoms with Gasteiger partial charge in [0.1, 0.15) is 0 Å². The van der Waals surface area contributed by atoms with E-state index in [0.29, 0.717) is 12.1 Å². The number of benzene rings is 2. The van der Waals surface area contributed by atoms with Crippen molar-refractivity contribution in [2.24, 2.45) is 0 Å². The van der Waals surface area contributed by atoms with Crippen LogP contribution in [0.25, 0.3) is 0 Å². The number of hydrogen-bond donors (Lipinski definition) is 1. The zero-order chi connectivity index (χ0) is 18.4. The lowest BCUT2D eigenvalue weighted by molar-refractivity contribution is -0.124. The molecule has 0 spiro atoms. The van der Waals surface area contributed by atoms with Gasteiger partial charge >= 0.3 is 5.97 Å². The maximum absolute atomic E-state index is 12.0. The third-order valence-corrected chi connectivity index (χ3v) is 3.93. The van der Waals surface area contributed by atoms with E-state index < -0.39 is 5.97 Å². The van der Waals surface area contributed by atoms with E-state index in [2.05, 4.69) is 26.1 Å². The second-order valence-electron chi connectivity index (χ2n) is 7.17. The minimum absolute atomic E-state index is 0.0261. The van der Waals surface area contributed by atoms with E-state index >= 15 is 0 Å². The van der Waals surface area contributed by atoms with Crippen LogP contribution in [0, 0.1) is 6.92 Å². The summed E-state index contributed by atoms with van der Waals surface area (Å²) in [5.74, 6) is -0.814. The van der Waals surface area contributed by atoms with Crippen LogP contribution in [0.5, 0.6) is 0 Å². The number of esters is 1. The summed E-state index contributed by atoms with van der Waals surface area (Å²) in [7, 11) is 0. The van der Waals surface area contributed by atoms with E-state index in [0.717, 1.165) is 11.1 Å². The molecule has 0 heterocycles. The van der Waals surface area contributed by atoms with Crippen LogP contribution in [-0.4, -0.2) is 18.5 Å². The van der Waals surface area contributed by atoms with Crippen molar-refractivity contribution in [3.05, 3.63) is 70.8 Å². The maximum Gasteiger partial charge on any atom is 0.338 e. The van der Waals surface area contributed by atoms with Gasteiger partial charge in [-0.2, -0.15) is 0 Å². The number of nitrogens with one attached hydrogen (secondary N) is 1. The lowest BCUT2D eigenvalue weighted by Gasteiger charge is -2.18. The van der Waals surface area contributed by atoms with Crippen molar-refractivity contribution in [1.29, 1.82) is 0 Å². The van der Waals surface area contributed by atoms with Crippen LogP contribution in [-0.2, 0) is 21.5 Å². The predicted molar refractivity (Wildman–Crippen MR) is 98.5 cm³/mol. The number of amides is 1. The molecule has 0 aliphatic carbocycles. The first kappa shape index (κ1) is 18.7. The second kappa shape index (κ2) is 7.97. The molecule has 0 saturated carbocycles. The Morgan fingerprint density at radius 3 is 2.12 bits per heavy atom. The Morgan fingerprint density at radius 1 is 0.960 bits per heavy atom. The summed E-state index contributed by atoms with van der Waals surface area (Å²) < 4.78 is 5.07. The van der Waals surface area contributed by atoms with Crippen molar-refractivity contribution in [2.45, 2.75) is 39.7 Å². The highest BCUT2D eigenvalue weighted by Crippen LogP contribution is 2.22. The molecule has 1 N–H and O–H groups in total. The molecular formula is C21H25NO3. The summed E-state index contributed by atoms with van der Waals surface area (Å²) in [6, 6.07) is 15.2. The third kappa shape index (κ3) is 5.75. The quantitative estimate of drug-likeness (QED) is 0.844. The van der Waals surface area contributed by atoms with E-state index in [4.69, 9.17) is 4.74 Å². The molecule has 0 unspecified atom stereocenters. The average molecular weight is 339 g/mol. The van der Waals surface area contributed by atoms with Crippen molar-refractivity contribution in [3.8, 4) is 0 Å². The molecular weight excluding hydrogens is 314 g/mol. The van der Waals surface area contributed by atoms with E-state index in [-0.39, 0.29) is 17.9 Å². The molecule has 0 aromatic heterocycles. The van der Waals surface area contributed by atoms with Crippen molar-refractivity contribution in [2.75, 3.05) is 6.61 Å². The molecule has 0 atom stereocenters. The van der Waals surface area contributed by atoms with Crippen molar-refractivity contribution >= 4 is 11.9 Å². The van der Waals surface area contributed by atoms with Gasteiger partial charge in [-0.3, -0.25) is 4.79 Å². The van der Waals surface area contributed by atoms with Crippen LogP contribution in [0.2, 0.25) is 0 Å². The molecule has 2 rings (SSSR count). The van der Waals surface area contributed by atoms with E-state index in [1.807, 2.05) is 43.3 Å². The predicted octanol–water partition coefficient (Wildman–Crippen LogP) is 3.77. The fraction of sp³-hybridized carbons (Fsp3) is 0.333. The molecule has 2 aromatic rings. The van der Waals surface area contributed by atoms with Gasteiger partial charge in [0.15, 0.2) is 6.61 Å². The highest BCUT2D eigenvalue weighted by Gasteiger charge is 2.15. The Kier molecular flexibility index (Phi) is 5.97. The molecule has 0 fully saturated rings. The number of hydrogen-bond acceptors (Lipinski definition) is 3. The van der Waals surface area contributed by atoms with Crippen LogP contribution < -0.4 is 5.32 Å². The fourth-order valence-corrected chi connectivity index (χ4v) is 2.28. The summed E-state index contributed by atoms with van der Waals surface area (Å²) >= 11 is 0. The smallest absolute Gasteiger partial charge is 0.338 e. The van der Waals surface area contributed by atoms with E-state index in [9.17, 15) is 9.59 Å². The summed E-state index contributed by atoms with van der Waals surface area (Å²) in [4.78, 5) is 23.8. The molecule has 0 saturated heterocycles. The molecule has 4 nitrogen and oxygen atoms in total. The number of ether oxygens (including phenoxy) is 1. The molecule has 0 bridgehead atoms. The van der Waals surface area contributed by atoms with E-state index in [1.165, 1.54) is 5.56 Å². The highest BCUT2D eigenvalue weighted by molar-refractivity contribution is 5.91. The zero-order valence-corrected chi connectivity index (χ0v) is 15.3. The van der Waals surface area contributed by atoms with Gasteiger partial charge in [-0.05, 0) is 35.6 Å². The number of aryl methyl sites for hydroxylation is 1. The zero-order valence-electron chi connectivity index (χ0n) is 15.3. The molecule has 25 heavy (non-hydrogen) atoms. The van der Waals surface area contributed by atoms with Gasteiger partial charge in [-0.25, -0.2) is 4.79 Å². The molecule has 0 aliphatic rings. The van der Waals surface area contributed by atoms with Crippen molar-refractivity contribution in [1.82, 2.24) is 5.32 Å². The SMILES string of the molecule is Cc1ccc(CNC(=O)COC(=O)c2ccc(C(C)(C)C)cc2)cc1. The van der Waals surface area contributed by atoms with Gasteiger partial charge < -0.3 is 10.1 Å². The minimum atomic E-state index is -0.494. The Hall–Kier alpha value is -2.62. The van der Waals surface area contributed by atoms with Gasteiger partial charge in [0.2, 0.25) is 0 Å². The Bertz CT molecular complexity index is 725. The molecule has 0 aliphatic heterocycles. The third-order valence-electron chi connectivity index (χ3n) is 3.93. The molecule has 1 amide bonds. The minimum Gasteiger partial charge on any atom is -0.452 e. The van der Waals surface area contributed by atoms with Crippen LogP contribution in [0.4, 0.5) is 0 Å². The summed E-state index contributed by atoms with van der Waals surface area (Å²) in [5, 5.41) is 2.74. The molecule has 2 aromatic carbocycles. The van der Waals surface area contributed by atoms with Crippen molar-refractivity contribution < 1.29 is 14.3 Å². The van der Waals surface area contributed by atoms with Gasteiger partial charge in [0.25, 0.3) is 5.91 Å². The standard InChI is InChI=1S/C21H25NO3/c1-15-5-7-16(8-6-15)13-22-19(23)14-25-20(24)17-9-11-18(12-10-17)21(2,3)4/h5-12H,13-14H2,1-4H3,(H,22,23). The Morgan fingerprint density at radius 2 is 1.56 bits per heavy atom. The Balaban J connectivity index is 1.80. The number of carbonyl (C=O) groups excluding carboxylic acids is 2. The van der Waals surface area contributed by atoms with Gasteiger partial charge in [0, 0.05) is 6.54 Å². The largest absolute Gasteiger partial charge is 0.452 e. The first-order valence-electron chi connectivity index (χ1n) is 8.35. The number of rotatable bonds is 5. The average Bonchev–Trinajstić information content (AvgIpc) is 2.58. The van der Waals surface area contributed by atoms with Crippen LogP contribution >= 0.6 is 0 Å². The van der Waals surface area contributed by atoms with Gasteiger partial charge in [-0.1, -0.05) is 62.7 Å². The molecule has 0 radical (unpaired) electrons. The van der Waals surface area contributed by atoms with Gasteiger partial charge in [0.05, 0.1) is 5.56 Å².